The van der Waals surface area contributed by atoms with Crippen LogP contribution < -0.4 is 15.2 Å². The van der Waals surface area contributed by atoms with Gasteiger partial charge in [-0.1, -0.05) is 0 Å². The number of nitrogens with one attached hydrogen (secondary N) is 2. The Morgan fingerprint density at radius 2 is 1.79 bits per heavy atom. The highest BCUT2D eigenvalue weighted by Crippen LogP contribution is 2.55. The molecule has 0 unspecified atom stereocenters. The van der Waals surface area contributed by atoms with E-state index in [0.29, 0.717) is 0 Å². The van der Waals surface area contributed by atoms with Crippen LogP contribution in [-0.4, -0.2) is 22.6 Å². The molecule has 4 saturated carbocycles. The first-order valence-corrected chi connectivity index (χ1v) is 8.80. The maximum Gasteiger partial charge on any atom is 0.322 e. The van der Waals surface area contributed by atoms with Gasteiger partial charge in [0.2, 0.25) is 12.7 Å². The van der Waals surface area contributed by atoms with Gasteiger partial charge < -0.3 is 10.4 Å². The van der Waals surface area contributed by atoms with E-state index < -0.39 is 0 Å². The molecule has 6 nitrogen and oxygen atoms in total. The summed E-state index contributed by atoms with van der Waals surface area (Å²) < 4.78 is 1.54. The number of nitrogens with zero attached hydrogens (tertiary/aromatic N) is 1. The first kappa shape index (κ1) is 15.4. The summed E-state index contributed by atoms with van der Waals surface area (Å²) in [5, 5.41) is 15.0. The Morgan fingerprint density at radius 1 is 1.17 bits per heavy atom. The molecule has 6 heteroatoms. The lowest BCUT2D eigenvalue weighted by molar-refractivity contribution is -0.684. The lowest BCUT2D eigenvalue weighted by Crippen LogP contribution is -2.62. The monoisotopic (exact) mass is 330 g/mol. The average molecular weight is 330 g/mol. The standard InChI is InChI=1S/C18H23N3O3/c22-15-2-1-3-21(10-15)11-16(23)19-17(24)20-18-7-12-4-13(8-18)6-14(5-12)9-18/h1-3,10,12-14H,4-9,11H2,(H2-,19,20,22,23,24)/p+1. The maximum atomic E-state index is 12.3. The van der Waals surface area contributed by atoms with Crippen LogP contribution in [0.5, 0.6) is 5.75 Å². The number of hydrogen-bond donors (Lipinski definition) is 3. The van der Waals surface area contributed by atoms with Gasteiger partial charge in [-0.15, -0.1) is 0 Å². The summed E-state index contributed by atoms with van der Waals surface area (Å²) >= 11 is 0. The van der Waals surface area contributed by atoms with Crippen molar-refractivity contribution in [3.63, 3.8) is 0 Å². The zero-order chi connectivity index (χ0) is 16.7. The van der Waals surface area contributed by atoms with Crippen LogP contribution in [-0.2, 0) is 11.3 Å². The van der Waals surface area contributed by atoms with Crippen LogP contribution in [0.4, 0.5) is 4.79 Å². The van der Waals surface area contributed by atoms with Crippen molar-refractivity contribution in [2.75, 3.05) is 0 Å². The van der Waals surface area contributed by atoms with E-state index in [0.717, 1.165) is 37.0 Å². The molecule has 3 N–H and O–H groups in total. The summed E-state index contributed by atoms with van der Waals surface area (Å²) in [5.74, 6) is 1.94. The van der Waals surface area contributed by atoms with Gasteiger partial charge in [0, 0.05) is 11.6 Å². The number of rotatable bonds is 3. The minimum absolute atomic E-state index is 0.00267. The van der Waals surface area contributed by atoms with Gasteiger partial charge in [-0.05, 0) is 62.3 Å². The van der Waals surface area contributed by atoms with Gasteiger partial charge in [0.05, 0.1) is 0 Å². The second-order valence-corrected chi connectivity index (χ2v) is 7.93. The second-order valence-electron chi connectivity index (χ2n) is 7.93. The summed E-state index contributed by atoms with van der Waals surface area (Å²) in [5.41, 5.74) is -0.0999. The van der Waals surface area contributed by atoms with Crippen LogP contribution in [0.3, 0.4) is 0 Å². The Kier molecular flexibility index (Phi) is 3.70. The fraction of sp³-hybridized carbons (Fsp3) is 0.611. The van der Waals surface area contributed by atoms with Crippen molar-refractivity contribution in [3.8, 4) is 5.75 Å². The molecule has 5 rings (SSSR count). The first-order valence-electron chi connectivity index (χ1n) is 8.80. The molecule has 0 radical (unpaired) electrons. The molecule has 4 fully saturated rings. The molecule has 1 aromatic rings. The minimum Gasteiger partial charge on any atom is -0.503 e. The van der Waals surface area contributed by atoms with Crippen LogP contribution in [0.25, 0.3) is 0 Å². The van der Waals surface area contributed by atoms with E-state index in [1.54, 1.807) is 16.8 Å². The Hall–Kier alpha value is -2.11. The maximum absolute atomic E-state index is 12.3. The normalized spacial score (nSPS) is 33.2. The molecule has 1 heterocycles. The topological polar surface area (TPSA) is 82.3 Å². The molecule has 0 saturated heterocycles. The summed E-state index contributed by atoms with van der Waals surface area (Å²) in [6.07, 6.45) is 10.2. The van der Waals surface area contributed by atoms with Crippen LogP contribution in [0.15, 0.2) is 24.5 Å². The van der Waals surface area contributed by atoms with E-state index >= 15 is 0 Å². The third-order valence-electron chi connectivity index (χ3n) is 5.84. The first-order chi connectivity index (χ1) is 11.5. The lowest BCUT2D eigenvalue weighted by Gasteiger charge is -2.56. The number of imide groups is 1. The highest BCUT2D eigenvalue weighted by atomic mass is 16.3. The van der Waals surface area contributed by atoms with Gasteiger partial charge >= 0.3 is 6.03 Å². The Morgan fingerprint density at radius 3 is 2.38 bits per heavy atom. The molecule has 1 aromatic heterocycles. The number of aromatic nitrogens is 1. The summed E-state index contributed by atoms with van der Waals surface area (Å²) in [7, 11) is 0. The molecule has 0 aromatic carbocycles. The smallest absolute Gasteiger partial charge is 0.322 e. The third-order valence-corrected chi connectivity index (χ3v) is 5.84. The lowest BCUT2D eigenvalue weighted by atomic mass is 9.53. The predicted octanol–water partition coefficient (Wildman–Crippen LogP) is 1.47. The van der Waals surface area contributed by atoms with E-state index in [2.05, 4.69) is 10.6 Å². The number of pyridine rings is 1. The molecule has 0 aliphatic heterocycles. The number of amides is 3. The zero-order valence-electron chi connectivity index (χ0n) is 13.7. The molecule has 0 spiro atoms. The largest absolute Gasteiger partial charge is 0.503 e. The highest BCUT2D eigenvalue weighted by Gasteiger charge is 2.51. The van der Waals surface area contributed by atoms with Gasteiger partial charge in [-0.3, -0.25) is 10.1 Å². The van der Waals surface area contributed by atoms with Gasteiger partial charge in [0.15, 0.2) is 11.9 Å². The SMILES string of the molecule is O=C(C[n+]1cccc(O)c1)NC(=O)NC12CC3CC(CC(C3)C1)C2. The minimum atomic E-state index is -0.386. The van der Waals surface area contributed by atoms with Crippen molar-refractivity contribution in [1.82, 2.24) is 10.6 Å². The fourth-order valence-electron chi connectivity index (χ4n) is 5.47. The van der Waals surface area contributed by atoms with Crippen molar-refractivity contribution in [3.05, 3.63) is 24.5 Å². The Labute approximate surface area is 141 Å². The number of hydrogen-bond acceptors (Lipinski definition) is 3. The van der Waals surface area contributed by atoms with E-state index in [9.17, 15) is 14.7 Å². The van der Waals surface area contributed by atoms with Gasteiger partial charge in [-0.25, -0.2) is 4.79 Å². The van der Waals surface area contributed by atoms with E-state index in [4.69, 9.17) is 0 Å². The van der Waals surface area contributed by atoms with E-state index in [1.165, 1.54) is 31.5 Å². The molecule has 0 atom stereocenters. The highest BCUT2D eigenvalue weighted by molar-refractivity contribution is 5.93. The average Bonchev–Trinajstić information content (AvgIpc) is 2.44. The van der Waals surface area contributed by atoms with Crippen LogP contribution in [0, 0.1) is 17.8 Å². The third kappa shape index (κ3) is 3.09. The molecular weight excluding hydrogens is 306 g/mol. The molecule has 4 aliphatic rings. The van der Waals surface area contributed by atoms with Gasteiger partial charge in [0.1, 0.15) is 0 Å². The number of aromatic hydroxyl groups is 1. The molecule has 3 amide bonds. The molecule has 128 valence electrons. The fourth-order valence-corrected chi connectivity index (χ4v) is 5.47. The number of carbonyl (C=O) groups excluding carboxylic acids is 2. The Balaban J connectivity index is 1.34. The van der Waals surface area contributed by atoms with E-state index in [1.807, 2.05) is 0 Å². The van der Waals surface area contributed by atoms with Crippen molar-refractivity contribution >= 4 is 11.9 Å². The summed E-state index contributed by atoms with van der Waals surface area (Å²) in [6, 6.07) is 2.80. The van der Waals surface area contributed by atoms with Crippen LogP contribution >= 0.6 is 0 Å². The molecule has 4 aliphatic carbocycles. The Bertz CT molecular complexity index is 638. The van der Waals surface area contributed by atoms with Gasteiger partial charge in [0.25, 0.3) is 5.91 Å². The van der Waals surface area contributed by atoms with Crippen LogP contribution in [0.2, 0.25) is 0 Å². The summed E-state index contributed by atoms with van der Waals surface area (Å²) in [6.45, 7) is 0.00267. The van der Waals surface area contributed by atoms with Crippen molar-refractivity contribution in [1.29, 1.82) is 0 Å². The zero-order valence-corrected chi connectivity index (χ0v) is 13.7. The van der Waals surface area contributed by atoms with Crippen LogP contribution in [0.1, 0.15) is 38.5 Å². The van der Waals surface area contributed by atoms with Crippen molar-refractivity contribution < 1.29 is 19.3 Å². The molecular formula is C18H24N3O3+. The van der Waals surface area contributed by atoms with E-state index in [-0.39, 0.29) is 29.8 Å². The number of carbonyl (C=O) groups is 2. The molecule has 4 bridgehead atoms. The van der Waals surface area contributed by atoms with Gasteiger partial charge in [-0.2, -0.15) is 4.57 Å². The second kappa shape index (κ2) is 5.76. The quantitative estimate of drug-likeness (QED) is 0.734. The summed E-state index contributed by atoms with van der Waals surface area (Å²) in [4.78, 5) is 24.3. The predicted molar refractivity (Wildman–Crippen MR) is 85.9 cm³/mol. The van der Waals surface area contributed by atoms with Crippen molar-refractivity contribution in [2.24, 2.45) is 17.8 Å². The number of urea groups is 1. The van der Waals surface area contributed by atoms with Crippen molar-refractivity contribution in [2.45, 2.75) is 50.6 Å². The molecule has 24 heavy (non-hydrogen) atoms.